The summed E-state index contributed by atoms with van der Waals surface area (Å²) in [5.41, 5.74) is 0.942. The van der Waals surface area contributed by atoms with Gasteiger partial charge < -0.3 is 15.0 Å². The zero-order valence-electron chi connectivity index (χ0n) is 12.6. The van der Waals surface area contributed by atoms with E-state index in [1.54, 1.807) is 14.2 Å². The molecule has 0 aliphatic carbocycles. The lowest BCUT2D eigenvalue weighted by Crippen LogP contribution is -2.39. The fourth-order valence-corrected chi connectivity index (χ4v) is 2.50. The average molecular weight is 291 g/mol. The van der Waals surface area contributed by atoms with E-state index < -0.39 is 0 Å². The summed E-state index contributed by atoms with van der Waals surface area (Å²) < 4.78 is 5.37. The van der Waals surface area contributed by atoms with Crippen molar-refractivity contribution in [1.82, 2.24) is 15.1 Å². The first-order valence-electron chi connectivity index (χ1n) is 7.00. The SMILES string of the molecule is CCNC(CN1C(=O)CN(C)C1=O)c1ccccc1OC. The summed E-state index contributed by atoms with van der Waals surface area (Å²) in [6.07, 6.45) is 0. The predicted octanol–water partition coefficient (Wildman–Crippen LogP) is 1.24. The van der Waals surface area contributed by atoms with Crippen LogP contribution in [0.15, 0.2) is 24.3 Å². The van der Waals surface area contributed by atoms with Crippen LogP contribution in [0.3, 0.4) is 0 Å². The molecule has 1 heterocycles. The summed E-state index contributed by atoms with van der Waals surface area (Å²) in [6, 6.07) is 7.23. The molecule has 3 amide bonds. The molecule has 0 radical (unpaired) electrons. The van der Waals surface area contributed by atoms with Crippen molar-refractivity contribution in [3.05, 3.63) is 29.8 Å². The van der Waals surface area contributed by atoms with Gasteiger partial charge in [0.25, 0.3) is 0 Å². The molecule has 6 heteroatoms. The highest BCUT2D eigenvalue weighted by Gasteiger charge is 2.35. The minimum atomic E-state index is -0.252. The third-order valence-corrected chi connectivity index (χ3v) is 3.56. The van der Waals surface area contributed by atoms with Crippen LogP contribution in [0, 0.1) is 0 Å². The Morgan fingerprint density at radius 2 is 2.05 bits per heavy atom. The van der Waals surface area contributed by atoms with Crippen molar-refractivity contribution in [2.45, 2.75) is 13.0 Å². The Morgan fingerprint density at radius 1 is 1.33 bits per heavy atom. The molecular weight excluding hydrogens is 270 g/mol. The average Bonchev–Trinajstić information content (AvgIpc) is 2.73. The maximum Gasteiger partial charge on any atom is 0.327 e. The predicted molar refractivity (Wildman–Crippen MR) is 79.2 cm³/mol. The number of carbonyl (C=O) groups is 2. The zero-order chi connectivity index (χ0) is 15.4. The van der Waals surface area contributed by atoms with Crippen LogP contribution in [0.4, 0.5) is 4.79 Å². The second-order valence-electron chi connectivity index (χ2n) is 5.00. The van der Waals surface area contributed by atoms with Gasteiger partial charge in [-0.1, -0.05) is 25.1 Å². The molecule has 21 heavy (non-hydrogen) atoms. The second-order valence-corrected chi connectivity index (χ2v) is 5.00. The Labute approximate surface area is 124 Å². The lowest BCUT2D eigenvalue weighted by molar-refractivity contribution is -0.125. The first kappa shape index (κ1) is 15.3. The van der Waals surface area contributed by atoms with Gasteiger partial charge in [-0.25, -0.2) is 4.79 Å². The van der Waals surface area contributed by atoms with Crippen molar-refractivity contribution in [2.24, 2.45) is 0 Å². The maximum absolute atomic E-state index is 12.0. The van der Waals surface area contributed by atoms with Gasteiger partial charge in [0.15, 0.2) is 0 Å². The van der Waals surface area contributed by atoms with Gasteiger partial charge in [0, 0.05) is 12.6 Å². The molecule has 1 aromatic carbocycles. The molecule has 1 fully saturated rings. The summed E-state index contributed by atoms with van der Waals surface area (Å²) in [4.78, 5) is 26.7. The standard InChI is InChI=1S/C15H21N3O3/c1-4-16-12(11-7-5-6-8-13(11)21-3)9-18-14(19)10-17(2)15(18)20/h5-8,12,16H,4,9-10H2,1-3H3. The molecule has 1 atom stereocenters. The fraction of sp³-hybridized carbons (Fsp3) is 0.467. The van der Waals surface area contributed by atoms with Crippen LogP contribution >= 0.6 is 0 Å². The molecule has 1 unspecified atom stereocenters. The smallest absolute Gasteiger partial charge is 0.327 e. The van der Waals surface area contributed by atoms with Crippen LogP contribution in [0.1, 0.15) is 18.5 Å². The molecule has 1 aliphatic rings. The van der Waals surface area contributed by atoms with E-state index in [1.165, 1.54) is 9.80 Å². The van der Waals surface area contributed by atoms with E-state index in [9.17, 15) is 9.59 Å². The highest BCUT2D eigenvalue weighted by atomic mass is 16.5. The summed E-state index contributed by atoms with van der Waals surface area (Å²) >= 11 is 0. The second kappa shape index (κ2) is 6.58. The lowest BCUT2D eigenvalue weighted by Gasteiger charge is -2.24. The summed E-state index contributed by atoms with van der Waals surface area (Å²) in [5, 5.41) is 3.31. The Bertz CT molecular complexity index is 533. The van der Waals surface area contributed by atoms with Gasteiger partial charge in [0.1, 0.15) is 12.3 Å². The molecule has 0 saturated carbocycles. The lowest BCUT2D eigenvalue weighted by atomic mass is 10.0. The number of hydrogen-bond donors (Lipinski definition) is 1. The number of rotatable bonds is 6. The Kier molecular flexibility index (Phi) is 4.80. The van der Waals surface area contributed by atoms with Gasteiger partial charge in [-0.2, -0.15) is 0 Å². The van der Waals surface area contributed by atoms with Crippen LogP contribution in [-0.2, 0) is 4.79 Å². The molecule has 1 aliphatic heterocycles. The first-order chi connectivity index (χ1) is 10.1. The van der Waals surface area contributed by atoms with Crippen molar-refractivity contribution < 1.29 is 14.3 Å². The fourth-order valence-electron chi connectivity index (χ4n) is 2.50. The van der Waals surface area contributed by atoms with Gasteiger partial charge >= 0.3 is 6.03 Å². The molecule has 0 aromatic heterocycles. The van der Waals surface area contributed by atoms with Gasteiger partial charge in [0.05, 0.1) is 19.7 Å². The molecule has 0 spiro atoms. The minimum Gasteiger partial charge on any atom is -0.496 e. The van der Waals surface area contributed by atoms with Crippen molar-refractivity contribution in [3.63, 3.8) is 0 Å². The molecular formula is C15H21N3O3. The molecule has 114 valence electrons. The van der Waals surface area contributed by atoms with Crippen LogP contribution < -0.4 is 10.1 Å². The molecule has 1 aromatic rings. The van der Waals surface area contributed by atoms with E-state index in [0.29, 0.717) is 6.54 Å². The third kappa shape index (κ3) is 3.16. The monoisotopic (exact) mass is 291 g/mol. The molecule has 6 nitrogen and oxygen atoms in total. The van der Waals surface area contributed by atoms with E-state index in [1.807, 2.05) is 31.2 Å². The summed E-state index contributed by atoms with van der Waals surface area (Å²) in [5.74, 6) is 0.580. The molecule has 2 rings (SSSR count). The highest BCUT2D eigenvalue weighted by molar-refractivity contribution is 6.01. The topological polar surface area (TPSA) is 61.9 Å². The Morgan fingerprint density at radius 3 is 2.62 bits per heavy atom. The number of carbonyl (C=O) groups excluding carboxylic acids is 2. The number of benzene rings is 1. The Hall–Kier alpha value is -2.08. The molecule has 1 N–H and O–H groups in total. The van der Waals surface area contributed by atoms with Crippen molar-refractivity contribution >= 4 is 11.9 Å². The third-order valence-electron chi connectivity index (χ3n) is 3.56. The number of nitrogens with zero attached hydrogens (tertiary/aromatic N) is 2. The van der Waals surface area contributed by atoms with E-state index in [4.69, 9.17) is 4.74 Å². The maximum atomic E-state index is 12.0. The quantitative estimate of drug-likeness (QED) is 0.801. The van der Waals surface area contributed by atoms with Crippen molar-refractivity contribution in [1.29, 1.82) is 0 Å². The number of urea groups is 1. The van der Waals surface area contributed by atoms with Crippen molar-refractivity contribution in [2.75, 3.05) is 33.8 Å². The van der Waals surface area contributed by atoms with Gasteiger partial charge in [0.2, 0.25) is 5.91 Å². The van der Waals surface area contributed by atoms with E-state index in [0.717, 1.165) is 17.9 Å². The number of ether oxygens (including phenoxy) is 1. The number of nitrogens with one attached hydrogen (secondary N) is 1. The number of amides is 3. The van der Waals surface area contributed by atoms with Crippen LogP contribution in [0.5, 0.6) is 5.75 Å². The zero-order valence-corrected chi connectivity index (χ0v) is 12.6. The van der Waals surface area contributed by atoms with E-state index >= 15 is 0 Å². The Balaban J connectivity index is 2.23. The number of likely N-dealkylation sites (N-methyl/N-ethyl adjacent to an activating group) is 2. The van der Waals surface area contributed by atoms with E-state index in [-0.39, 0.29) is 24.5 Å². The highest BCUT2D eigenvalue weighted by Crippen LogP contribution is 2.26. The largest absolute Gasteiger partial charge is 0.496 e. The van der Waals surface area contributed by atoms with Crippen LogP contribution in [-0.4, -0.2) is 55.5 Å². The van der Waals surface area contributed by atoms with Crippen LogP contribution in [0.25, 0.3) is 0 Å². The van der Waals surface area contributed by atoms with Gasteiger partial charge in [-0.05, 0) is 12.6 Å². The minimum absolute atomic E-state index is 0.142. The number of methoxy groups -OCH3 is 1. The normalized spacial score (nSPS) is 16.5. The van der Waals surface area contributed by atoms with Crippen LogP contribution in [0.2, 0.25) is 0 Å². The first-order valence-corrected chi connectivity index (χ1v) is 7.00. The van der Waals surface area contributed by atoms with Gasteiger partial charge in [-0.15, -0.1) is 0 Å². The number of para-hydroxylation sites is 1. The van der Waals surface area contributed by atoms with Gasteiger partial charge in [-0.3, -0.25) is 9.69 Å². The number of hydrogen-bond acceptors (Lipinski definition) is 4. The van der Waals surface area contributed by atoms with E-state index in [2.05, 4.69) is 5.32 Å². The summed E-state index contributed by atoms with van der Waals surface area (Å²) in [7, 11) is 3.24. The molecule has 0 bridgehead atoms. The van der Waals surface area contributed by atoms with Crippen molar-refractivity contribution in [3.8, 4) is 5.75 Å². The summed E-state index contributed by atoms with van der Waals surface area (Å²) in [6.45, 7) is 3.16. The number of imide groups is 1. The molecule has 1 saturated heterocycles.